The maximum atomic E-state index is 6.24. The van der Waals surface area contributed by atoms with Crippen LogP contribution in [-0.4, -0.2) is 13.2 Å². The monoisotopic (exact) mass is 437 g/mol. The SMILES string of the molecule is CCCCCCCCNCc1ccc(OCc2ccc(Cl)cc2Cl)c(OCC)c1. The zero-order valence-corrected chi connectivity index (χ0v) is 19.1. The molecule has 0 fully saturated rings. The van der Waals surface area contributed by atoms with Crippen LogP contribution in [0, 0.1) is 0 Å². The molecular weight excluding hydrogens is 405 g/mol. The van der Waals surface area contributed by atoms with E-state index in [4.69, 9.17) is 32.7 Å². The van der Waals surface area contributed by atoms with E-state index in [2.05, 4.69) is 24.4 Å². The highest BCUT2D eigenvalue weighted by Gasteiger charge is 2.09. The number of rotatable bonds is 14. The first kappa shape index (κ1) is 23.9. The van der Waals surface area contributed by atoms with Gasteiger partial charge in [0.2, 0.25) is 0 Å². The lowest BCUT2D eigenvalue weighted by Gasteiger charge is -2.14. The third kappa shape index (κ3) is 8.86. The van der Waals surface area contributed by atoms with Crippen LogP contribution in [0.3, 0.4) is 0 Å². The predicted molar refractivity (Wildman–Crippen MR) is 123 cm³/mol. The van der Waals surface area contributed by atoms with Crippen LogP contribution >= 0.6 is 23.2 Å². The molecule has 0 aromatic heterocycles. The van der Waals surface area contributed by atoms with Crippen molar-refractivity contribution in [2.45, 2.75) is 65.5 Å². The third-order valence-corrected chi connectivity index (χ3v) is 5.33. The van der Waals surface area contributed by atoms with Crippen molar-refractivity contribution in [3.63, 3.8) is 0 Å². The van der Waals surface area contributed by atoms with E-state index >= 15 is 0 Å². The molecule has 2 aromatic carbocycles. The van der Waals surface area contributed by atoms with Crippen molar-refractivity contribution in [1.29, 1.82) is 0 Å². The van der Waals surface area contributed by atoms with Crippen molar-refractivity contribution in [1.82, 2.24) is 5.32 Å². The summed E-state index contributed by atoms with van der Waals surface area (Å²) in [5.74, 6) is 1.48. The fourth-order valence-electron chi connectivity index (χ4n) is 3.11. The molecule has 29 heavy (non-hydrogen) atoms. The maximum Gasteiger partial charge on any atom is 0.161 e. The number of halogens is 2. The Hall–Kier alpha value is -1.42. The second kappa shape index (κ2) is 13.7. The summed E-state index contributed by atoms with van der Waals surface area (Å²) < 4.78 is 11.8. The van der Waals surface area contributed by atoms with Crippen molar-refractivity contribution >= 4 is 23.2 Å². The molecule has 2 aromatic rings. The van der Waals surface area contributed by atoms with Gasteiger partial charge in [-0.05, 0) is 49.7 Å². The van der Waals surface area contributed by atoms with Crippen LogP contribution in [0.25, 0.3) is 0 Å². The largest absolute Gasteiger partial charge is 0.490 e. The molecule has 3 nitrogen and oxygen atoms in total. The average Bonchev–Trinajstić information content (AvgIpc) is 2.70. The molecule has 0 atom stereocenters. The minimum Gasteiger partial charge on any atom is -0.490 e. The average molecular weight is 438 g/mol. The normalized spacial score (nSPS) is 10.9. The van der Waals surface area contributed by atoms with Gasteiger partial charge in [0.05, 0.1) is 6.61 Å². The first-order valence-corrected chi connectivity index (χ1v) is 11.4. The Morgan fingerprint density at radius 2 is 1.62 bits per heavy atom. The number of nitrogens with one attached hydrogen (secondary N) is 1. The summed E-state index contributed by atoms with van der Waals surface area (Å²) in [7, 11) is 0. The van der Waals surface area contributed by atoms with Gasteiger partial charge in [0.25, 0.3) is 0 Å². The van der Waals surface area contributed by atoms with Gasteiger partial charge in [-0.3, -0.25) is 0 Å². The summed E-state index contributed by atoms with van der Waals surface area (Å²) in [4.78, 5) is 0. The summed E-state index contributed by atoms with van der Waals surface area (Å²) in [6, 6.07) is 11.5. The van der Waals surface area contributed by atoms with Crippen LogP contribution in [0.2, 0.25) is 10.0 Å². The predicted octanol–water partition coefficient (Wildman–Crippen LogP) is 7.42. The Morgan fingerprint density at radius 1 is 0.828 bits per heavy atom. The minimum atomic E-state index is 0.367. The molecule has 5 heteroatoms. The number of unbranched alkanes of at least 4 members (excludes halogenated alkanes) is 5. The van der Waals surface area contributed by atoms with E-state index in [0.717, 1.165) is 30.2 Å². The number of benzene rings is 2. The number of hydrogen-bond donors (Lipinski definition) is 1. The van der Waals surface area contributed by atoms with Crippen LogP contribution in [0.5, 0.6) is 11.5 Å². The van der Waals surface area contributed by atoms with Gasteiger partial charge in [0, 0.05) is 22.2 Å². The van der Waals surface area contributed by atoms with E-state index in [1.54, 1.807) is 6.07 Å². The highest BCUT2D eigenvalue weighted by molar-refractivity contribution is 6.35. The Kier molecular flexibility index (Phi) is 11.3. The van der Waals surface area contributed by atoms with Crippen molar-refractivity contribution in [2.75, 3.05) is 13.2 Å². The van der Waals surface area contributed by atoms with Gasteiger partial charge >= 0.3 is 0 Å². The second-order valence-electron chi connectivity index (χ2n) is 7.18. The molecule has 0 radical (unpaired) electrons. The molecule has 0 bridgehead atoms. The highest BCUT2D eigenvalue weighted by atomic mass is 35.5. The van der Waals surface area contributed by atoms with Gasteiger partial charge in [-0.25, -0.2) is 0 Å². The molecule has 2 rings (SSSR count). The Balaban J connectivity index is 1.84. The molecule has 0 aliphatic carbocycles. The molecule has 0 unspecified atom stereocenters. The maximum absolute atomic E-state index is 6.24. The molecule has 0 aliphatic rings. The lowest BCUT2D eigenvalue weighted by atomic mass is 10.1. The van der Waals surface area contributed by atoms with E-state index in [0.29, 0.717) is 23.3 Å². The van der Waals surface area contributed by atoms with E-state index in [-0.39, 0.29) is 0 Å². The molecule has 0 heterocycles. The zero-order chi connectivity index (χ0) is 20.9. The Bertz CT molecular complexity index is 737. The van der Waals surface area contributed by atoms with Crippen molar-refractivity contribution in [3.8, 4) is 11.5 Å². The number of hydrogen-bond acceptors (Lipinski definition) is 3. The van der Waals surface area contributed by atoms with Gasteiger partial charge < -0.3 is 14.8 Å². The fourth-order valence-corrected chi connectivity index (χ4v) is 3.57. The molecule has 0 saturated carbocycles. The van der Waals surface area contributed by atoms with Crippen molar-refractivity contribution in [2.24, 2.45) is 0 Å². The summed E-state index contributed by atoms with van der Waals surface area (Å²) in [6.45, 7) is 7.06. The zero-order valence-electron chi connectivity index (χ0n) is 17.6. The molecule has 0 saturated heterocycles. The van der Waals surface area contributed by atoms with Crippen LogP contribution in [-0.2, 0) is 13.2 Å². The topological polar surface area (TPSA) is 30.5 Å². The van der Waals surface area contributed by atoms with Crippen molar-refractivity contribution < 1.29 is 9.47 Å². The highest BCUT2D eigenvalue weighted by Crippen LogP contribution is 2.30. The van der Waals surface area contributed by atoms with E-state index < -0.39 is 0 Å². The molecular formula is C24H33Cl2NO2. The standard InChI is InChI=1S/C24H33Cl2NO2/c1-3-5-6-7-8-9-14-27-17-19-10-13-23(24(15-19)28-4-2)29-18-20-11-12-21(25)16-22(20)26/h10-13,15-16,27H,3-9,14,17-18H2,1-2H3. The smallest absolute Gasteiger partial charge is 0.161 e. The van der Waals surface area contributed by atoms with Crippen molar-refractivity contribution in [3.05, 3.63) is 57.6 Å². The van der Waals surface area contributed by atoms with Gasteiger partial charge in [-0.15, -0.1) is 0 Å². The van der Waals surface area contributed by atoms with Gasteiger partial charge in [-0.1, -0.05) is 74.4 Å². The van der Waals surface area contributed by atoms with Gasteiger partial charge in [-0.2, -0.15) is 0 Å². The summed E-state index contributed by atoms with van der Waals surface area (Å²) in [5.41, 5.74) is 2.08. The van der Waals surface area contributed by atoms with Crippen LogP contribution in [0.4, 0.5) is 0 Å². The molecule has 160 valence electrons. The first-order valence-electron chi connectivity index (χ1n) is 10.7. The minimum absolute atomic E-state index is 0.367. The van der Waals surface area contributed by atoms with Crippen LogP contribution in [0.1, 0.15) is 63.5 Å². The van der Waals surface area contributed by atoms with E-state index in [1.165, 1.54) is 44.1 Å². The molecule has 0 amide bonds. The van der Waals surface area contributed by atoms with Crippen LogP contribution < -0.4 is 14.8 Å². The van der Waals surface area contributed by atoms with Crippen LogP contribution in [0.15, 0.2) is 36.4 Å². The summed E-state index contributed by atoms with van der Waals surface area (Å²) >= 11 is 12.2. The first-order chi connectivity index (χ1) is 14.1. The Labute approximate surface area is 185 Å². The fraction of sp³-hybridized carbons (Fsp3) is 0.500. The quantitative estimate of drug-likeness (QED) is 0.311. The molecule has 1 N–H and O–H groups in total. The lowest BCUT2D eigenvalue weighted by Crippen LogP contribution is -2.14. The molecule has 0 spiro atoms. The third-order valence-electron chi connectivity index (χ3n) is 4.74. The van der Waals surface area contributed by atoms with Gasteiger partial charge in [0.1, 0.15) is 6.61 Å². The Morgan fingerprint density at radius 3 is 2.38 bits per heavy atom. The lowest BCUT2D eigenvalue weighted by molar-refractivity contribution is 0.269. The molecule has 0 aliphatic heterocycles. The van der Waals surface area contributed by atoms with E-state index in [9.17, 15) is 0 Å². The summed E-state index contributed by atoms with van der Waals surface area (Å²) in [5, 5.41) is 4.75. The van der Waals surface area contributed by atoms with E-state index in [1.807, 2.05) is 25.1 Å². The summed E-state index contributed by atoms with van der Waals surface area (Å²) in [6.07, 6.45) is 7.88. The second-order valence-corrected chi connectivity index (χ2v) is 8.03. The number of ether oxygens (including phenoxy) is 2. The van der Waals surface area contributed by atoms with Gasteiger partial charge in [0.15, 0.2) is 11.5 Å².